The van der Waals surface area contributed by atoms with Crippen molar-refractivity contribution in [1.82, 2.24) is 0 Å². The lowest BCUT2D eigenvalue weighted by Crippen LogP contribution is -2.15. The lowest BCUT2D eigenvalue weighted by molar-refractivity contribution is -0.145. The van der Waals surface area contributed by atoms with Gasteiger partial charge in [-0.15, -0.1) is 0 Å². The molecule has 1 rings (SSSR count). The summed E-state index contributed by atoms with van der Waals surface area (Å²) in [6, 6.07) is 4.71. The Balaban J connectivity index is 2.73. The Morgan fingerprint density at radius 3 is 2.71 bits per heavy atom. The Kier molecular flexibility index (Phi) is 5.00. The van der Waals surface area contributed by atoms with E-state index in [1.807, 2.05) is 0 Å². The average molecular weight is 238 g/mol. The summed E-state index contributed by atoms with van der Waals surface area (Å²) in [5, 5.41) is 0. The first-order valence-corrected chi connectivity index (χ1v) is 5.13. The van der Waals surface area contributed by atoms with Crippen LogP contribution in [0.2, 0.25) is 0 Å². The van der Waals surface area contributed by atoms with Crippen molar-refractivity contribution in [3.8, 4) is 11.5 Å². The van der Waals surface area contributed by atoms with Gasteiger partial charge in [0.05, 0.1) is 13.7 Å². The molecule has 0 atom stereocenters. The molecule has 0 radical (unpaired) electrons. The van der Waals surface area contributed by atoms with Gasteiger partial charge in [0.25, 0.3) is 0 Å². The second-order valence-corrected chi connectivity index (χ2v) is 3.12. The van der Waals surface area contributed by atoms with Gasteiger partial charge in [-0.25, -0.2) is 4.79 Å². The number of hydrogen-bond acceptors (Lipinski definition) is 5. The molecule has 0 N–H and O–H groups in total. The molecular formula is C12H14O5. The number of aldehydes is 1. The SMILES string of the molecule is CCOC(=O)COc1cc(C=O)ccc1OC. The van der Waals surface area contributed by atoms with Crippen LogP contribution in [0.3, 0.4) is 0 Å². The first-order valence-electron chi connectivity index (χ1n) is 5.13. The van der Waals surface area contributed by atoms with Gasteiger partial charge in [-0.05, 0) is 25.1 Å². The number of methoxy groups -OCH3 is 1. The summed E-state index contributed by atoms with van der Waals surface area (Å²) < 4.78 is 15.0. The molecule has 0 aromatic heterocycles. The summed E-state index contributed by atoms with van der Waals surface area (Å²) in [5.41, 5.74) is 0.449. The van der Waals surface area contributed by atoms with Crippen LogP contribution in [-0.2, 0) is 9.53 Å². The predicted molar refractivity (Wildman–Crippen MR) is 60.5 cm³/mol. The lowest BCUT2D eigenvalue weighted by Gasteiger charge is -2.10. The van der Waals surface area contributed by atoms with E-state index in [-0.39, 0.29) is 6.61 Å². The number of carbonyl (C=O) groups is 2. The Morgan fingerprint density at radius 2 is 2.12 bits per heavy atom. The molecule has 5 nitrogen and oxygen atoms in total. The van der Waals surface area contributed by atoms with E-state index in [1.165, 1.54) is 13.2 Å². The maximum Gasteiger partial charge on any atom is 0.344 e. The van der Waals surface area contributed by atoms with Gasteiger partial charge in [0.1, 0.15) is 6.29 Å². The van der Waals surface area contributed by atoms with Crippen LogP contribution in [0.5, 0.6) is 11.5 Å². The minimum Gasteiger partial charge on any atom is -0.493 e. The molecule has 1 aromatic rings. The largest absolute Gasteiger partial charge is 0.493 e. The fraction of sp³-hybridized carbons (Fsp3) is 0.333. The van der Waals surface area contributed by atoms with Crippen molar-refractivity contribution < 1.29 is 23.8 Å². The molecule has 1 aromatic carbocycles. The first kappa shape index (κ1) is 13.0. The Bertz CT molecular complexity index is 400. The molecular weight excluding hydrogens is 224 g/mol. The van der Waals surface area contributed by atoms with Crippen LogP contribution in [0.4, 0.5) is 0 Å². The predicted octanol–water partition coefficient (Wildman–Crippen LogP) is 1.45. The quantitative estimate of drug-likeness (QED) is 0.554. The fourth-order valence-corrected chi connectivity index (χ4v) is 1.22. The van der Waals surface area contributed by atoms with Crippen LogP contribution in [0, 0.1) is 0 Å². The highest BCUT2D eigenvalue weighted by Crippen LogP contribution is 2.27. The standard InChI is InChI=1S/C12H14O5/c1-3-16-12(14)8-17-11-6-9(7-13)4-5-10(11)15-2/h4-7H,3,8H2,1-2H3. The van der Waals surface area contributed by atoms with Crippen LogP contribution in [-0.4, -0.2) is 32.6 Å². The summed E-state index contributed by atoms with van der Waals surface area (Å²) in [4.78, 5) is 21.7. The molecule has 0 saturated heterocycles. The van der Waals surface area contributed by atoms with Crippen molar-refractivity contribution >= 4 is 12.3 Å². The van der Waals surface area contributed by atoms with Gasteiger partial charge < -0.3 is 14.2 Å². The number of benzene rings is 1. The first-order chi connectivity index (χ1) is 8.21. The third-order valence-corrected chi connectivity index (χ3v) is 1.97. The average Bonchev–Trinajstić information content (AvgIpc) is 2.36. The molecule has 0 saturated carbocycles. The molecule has 0 unspecified atom stereocenters. The van der Waals surface area contributed by atoms with Crippen molar-refractivity contribution in [3.63, 3.8) is 0 Å². The zero-order valence-electron chi connectivity index (χ0n) is 9.76. The van der Waals surface area contributed by atoms with Crippen LogP contribution in [0.15, 0.2) is 18.2 Å². The lowest BCUT2D eigenvalue weighted by atomic mass is 10.2. The highest BCUT2D eigenvalue weighted by atomic mass is 16.6. The van der Waals surface area contributed by atoms with Crippen molar-refractivity contribution in [2.45, 2.75) is 6.92 Å². The smallest absolute Gasteiger partial charge is 0.344 e. The summed E-state index contributed by atoms with van der Waals surface area (Å²) in [7, 11) is 1.48. The van der Waals surface area contributed by atoms with Crippen molar-refractivity contribution in [2.24, 2.45) is 0 Å². The number of carbonyl (C=O) groups excluding carboxylic acids is 2. The topological polar surface area (TPSA) is 61.8 Å². The van der Waals surface area contributed by atoms with Gasteiger partial charge in [0.15, 0.2) is 18.1 Å². The monoisotopic (exact) mass is 238 g/mol. The molecule has 0 amide bonds. The van der Waals surface area contributed by atoms with E-state index >= 15 is 0 Å². The second-order valence-electron chi connectivity index (χ2n) is 3.12. The van der Waals surface area contributed by atoms with E-state index in [0.717, 1.165) is 0 Å². The summed E-state index contributed by atoms with van der Waals surface area (Å²) >= 11 is 0. The van der Waals surface area contributed by atoms with E-state index in [0.29, 0.717) is 30.0 Å². The summed E-state index contributed by atoms with van der Waals surface area (Å²) in [6.45, 7) is 1.80. The van der Waals surface area contributed by atoms with Crippen LogP contribution < -0.4 is 9.47 Å². The zero-order chi connectivity index (χ0) is 12.7. The normalized spacial score (nSPS) is 9.53. The minimum atomic E-state index is -0.467. The molecule has 92 valence electrons. The van der Waals surface area contributed by atoms with Crippen molar-refractivity contribution in [1.29, 1.82) is 0 Å². The molecule has 0 heterocycles. The van der Waals surface area contributed by atoms with Gasteiger partial charge >= 0.3 is 5.97 Å². The van der Waals surface area contributed by atoms with Crippen LogP contribution >= 0.6 is 0 Å². The van der Waals surface area contributed by atoms with E-state index in [1.54, 1.807) is 19.1 Å². The number of hydrogen-bond donors (Lipinski definition) is 0. The van der Waals surface area contributed by atoms with E-state index in [9.17, 15) is 9.59 Å². The van der Waals surface area contributed by atoms with E-state index < -0.39 is 5.97 Å². The number of ether oxygens (including phenoxy) is 3. The Labute approximate surface area is 99.3 Å². The molecule has 0 fully saturated rings. The van der Waals surface area contributed by atoms with E-state index in [4.69, 9.17) is 14.2 Å². The molecule has 5 heteroatoms. The Morgan fingerprint density at radius 1 is 1.35 bits per heavy atom. The summed E-state index contributed by atoms with van der Waals surface area (Å²) in [6.07, 6.45) is 0.691. The van der Waals surface area contributed by atoms with E-state index in [2.05, 4.69) is 0 Å². The molecule has 17 heavy (non-hydrogen) atoms. The van der Waals surface area contributed by atoms with Gasteiger partial charge in [-0.2, -0.15) is 0 Å². The molecule has 0 aliphatic carbocycles. The highest BCUT2D eigenvalue weighted by Gasteiger charge is 2.08. The van der Waals surface area contributed by atoms with Crippen LogP contribution in [0.25, 0.3) is 0 Å². The van der Waals surface area contributed by atoms with Gasteiger partial charge in [-0.1, -0.05) is 0 Å². The molecule has 0 aliphatic rings. The maximum absolute atomic E-state index is 11.1. The third-order valence-electron chi connectivity index (χ3n) is 1.97. The van der Waals surface area contributed by atoms with Crippen molar-refractivity contribution in [3.05, 3.63) is 23.8 Å². The second kappa shape index (κ2) is 6.52. The van der Waals surface area contributed by atoms with Crippen LogP contribution in [0.1, 0.15) is 17.3 Å². The molecule has 0 spiro atoms. The minimum absolute atomic E-state index is 0.216. The molecule has 0 aliphatic heterocycles. The highest BCUT2D eigenvalue weighted by molar-refractivity contribution is 5.76. The number of rotatable bonds is 6. The third kappa shape index (κ3) is 3.79. The number of esters is 1. The van der Waals surface area contributed by atoms with Crippen molar-refractivity contribution in [2.75, 3.05) is 20.3 Å². The summed E-state index contributed by atoms with van der Waals surface area (Å²) in [5.74, 6) is 0.330. The molecule has 0 bridgehead atoms. The van der Waals surface area contributed by atoms with Gasteiger partial charge in [0.2, 0.25) is 0 Å². The maximum atomic E-state index is 11.1. The zero-order valence-corrected chi connectivity index (χ0v) is 9.76. The van der Waals surface area contributed by atoms with Gasteiger partial charge in [-0.3, -0.25) is 4.79 Å². The Hall–Kier alpha value is -2.04. The fourth-order valence-electron chi connectivity index (χ4n) is 1.22. The van der Waals surface area contributed by atoms with Gasteiger partial charge in [0, 0.05) is 5.56 Å².